The SMILES string of the molecule is CN1CCCN(C2CCN(C(=O)[C@@H](Cc3cc(C(F)(F)F)c(N)c(C(F)(F)F)c3)OC(=O)N3CCC4(CC3)OC(=O)Nc3ccccc34)CC2)CC1. The van der Waals surface area contributed by atoms with Crippen LogP contribution < -0.4 is 11.1 Å². The minimum Gasteiger partial charge on any atom is -0.438 e. The lowest BCUT2D eigenvalue weighted by molar-refractivity contribution is -0.142. The van der Waals surface area contributed by atoms with E-state index in [1.807, 2.05) is 6.07 Å². The largest absolute Gasteiger partial charge is 0.438 e. The average molecular weight is 741 g/mol. The predicted octanol–water partition coefficient (Wildman–Crippen LogP) is 5.54. The lowest BCUT2D eigenvalue weighted by Crippen LogP contribution is -2.53. The molecule has 4 aliphatic rings. The molecule has 0 radical (unpaired) electrons. The number of nitrogens with one attached hydrogen (secondary N) is 1. The van der Waals surface area contributed by atoms with Crippen LogP contribution in [0.5, 0.6) is 0 Å². The highest BCUT2D eigenvalue weighted by atomic mass is 19.4. The number of nitrogen functional groups attached to an aromatic ring is 1. The number of hydrogen-bond donors (Lipinski definition) is 2. The van der Waals surface area contributed by atoms with Gasteiger partial charge < -0.3 is 29.9 Å². The summed E-state index contributed by atoms with van der Waals surface area (Å²) in [7, 11) is 2.06. The van der Waals surface area contributed by atoms with Gasteiger partial charge >= 0.3 is 24.5 Å². The number of nitrogens with zero attached hydrogens (tertiary/aromatic N) is 4. The summed E-state index contributed by atoms with van der Waals surface area (Å²) in [6.07, 6.45) is -11.9. The van der Waals surface area contributed by atoms with Crippen LogP contribution in [0, 0.1) is 0 Å². The third-order valence-electron chi connectivity index (χ3n) is 10.6. The Kier molecular flexibility index (Phi) is 10.6. The third-order valence-corrected chi connectivity index (χ3v) is 10.6. The molecular formula is C35H42F6N6O5. The number of benzene rings is 2. The van der Waals surface area contributed by atoms with Crippen LogP contribution in [0.1, 0.15) is 54.4 Å². The highest BCUT2D eigenvalue weighted by Gasteiger charge is 2.46. The molecule has 2 aromatic carbocycles. The van der Waals surface area contributed by atoms with Crippen molar-refractivity contribution in [1.82, 2.24) is 19.6 Å². The first kappa shape index (κ1) is 37.5. The van der Waals surface area contributed by atoms with E-state index >= 15 is 0 Å². The summed E-state index contributed by atoms with van der Waals surface area (Å²) in [6, 6.07) is 8.22. The molecule has 3 fully saturated rings. The van der Waals surface area contributed by atoms with Crippen molar-refractivity contribution in [3.8, 4) is 0 Å². The average Bonchev–Trinajstić information content (AvgIpc) is 3.31. The number of rotatable bonds is 5. The molecule has 6 rings (SSSR count). The van der Waals surface area contributed by atoms with E-state index in [0.717, 1.165) is 38.2 Å². The Balaban J connectivity index is 1.21. The number of anilines is 2. The molecule has 1 atom stereocenters. The Hall–Kier alpha value is -4.25. The number of ether oxygens (including phenoxy) is 2. The van der Waals surface area contributed by atoms with Crippen LogP contribution in [-0.4, -0.2) is 109 Å². The fourth-order valence-electron chi connectivity index (χ4n) is 7.76. The molecule has 0 bridgehead atoms. The molecule has 284 valence electrons. The standard InChI is InChI=1S/C35H42F6N6O5/c1-44-11-4-12-45(18-17-44)23-7-13-46(14-8-23)30(48)28(21-22-19-25(34(36,37)38)29(42)26(20-22)35(39,40)41)51-32(50)47-15-9-33(10-16-47)24-5-2-3-6-27(24)43-31(49)52-33/h2-3,5-6,19-20,23,28H,4,7-18,21,42H2,1H3,(H,43,49)/t28-/m1/s1. The summed E-state index contributed by atoms with van der Waals surface area (Å²) >= 11 is 0. The monoisotopic (exact) mass is 740 g/mol. The van der Waals surface area contributed by atoms with Crippen molar-refractivity contribution in [2.45, 2.75) is 68.6 Å². The fourth-order valence-corrected chi connectivity index (χ4v) is 7.76. The van der Waals surface area contributed by atoms with E-state index < -0.39 is 70.9 Å². The highest BCUT2D eigenvalue weighted by Crippen LogP contribution is 2.44. The second kappa shape index (κ2) is 14.6. The lowest BCUT2D eigenvalue weighted by Gasteiger charge is -2.44. The zero-order valence-corrected chi connectivity index (χ0v) is 28.7. The van der Waals surface area contributed by atoms with Gasteiger partial charge in [0.25, 0.3) is 5.91 Å². The van der Waals surface area contributed by atoms with Gasteiger partial charge in [0.1, 0.15) is 5.60 Å². The van der Waals surface area contributed by atoms with Gasteiger partial charge in [-0.25, -0.2) is 9.59 Å². The molecule has 17 heteroatoms. The molecule has 11 nitrogen and oxygen atoms in total. The van der Waals surface area contributed by atoms with Crippen molar-refractivity contribution in [2.75, 3.05) is 70.5 Å². The summed E-state index contributed by atoms with van der Waals surface area (Å²) < 4.78 is 94.7. The van der Waals surface area contributed by atoms with Gasteiger partial charge in [0.05, 0.1) is 22.5 Å². The number of likely N-dealkylation sites (N-methyl/N-ethyl adjacent to an activating group) is 1. The summed E-state index contributed by atoms with van der Waals surface area (Å²) in [4.78, 5) is 47.4. The van der Waals surface area contributed by atoms with Gasteiger partial charge in [0.15, 0.2) is 6.10 Å². The predicted molar refractivity (Wildman–Crippen MR) is 177 cm³/mol. The van der Waals surface area contributed by atoms with Crippen molar-refractivity contribution >= 4 is 29.5 Å². The molecule has 0 saturated carbocycles. The van der Waals surface area contributed by atoms with Crippen LogP contribution in [0.25, 0.3) is 0 Å². The van der Waals surface area contributed by atoms with E-state index in [-0.39, 0.29) is 45.1 Å². The van der Waals surface area contributed by atoms with Gasteiger partial charge in [-0.3, -0.25) is 15.0 Å². The number of hydrogen-bond acceptors (Lipinski definition) is 8. The van der Waals surface area contributed by atoms with Crippen LogP contribution in [0.2, 0.25) is 0 Å². The van der Waals surface area contributed by atoms with E-state index in [4.69, 9.17) is 15.2 Å². The summed E-state index contributed by atoms with van der Waals surface area (Å²) in [6.45, 7) is 4.28. The Bertz CT molecular complexity index is 1620. The van der Waals surface area contributed by atoms with E-state index in [0.29, 0.717) is 30.7 Å². The van der Waals surface area contributed by atoms with Gasteiger partial charge in [-0.2, -0.15) is 26.3 Å². The number of likely N-dealkylation sites (tertiary alicyclic amines) is 2. The molecule has 1 spiro atoms. The number of halogens is 6. The van der Waals surface area contributed by atoms with Gasteiger partial charge in [0.2, 0.25) is 0 Å². The quantitative estimate of drug-likeness (QED) is 0.303. The number of para-hydroxylation sites is 1. The lowest BCUT2D eigenvalue weighted by atomic mass is 9.82. The van der Waals surface area contributed by atoms with Crippen LogP contribution >= 0.6 is 0 Å². The molecule has 3 saturated heterocycles. The van der Waals surface area contributed by atoms with Crippen molar-refractivity contribution in [1.29, 1.82) is 0 Å². The zero-order valence-electron chi connectivity index (χ0n) is 28.7. The topological polar surface area (TPSA) is 121 Å². The van der Waals surface area contributed by atoms with Gasteiger partial charge in [0, 0.05) is 70.1 Å². The molecule has 0 aliphatic carbocycles. The molecule has 4 aliphatic heterocycles. The fraction of sp³-hybridized carbons (Fsp3) is 0.571. The molecule has 0 aromatic heterocycles. The van der Waals surface area contributed by atoms with Crippen LogP contribution in [0.4, 0.5) is 47.3 Å². The van der Waals surface area contributed by atoms with E-state index in [1.165, 1.54) is 9.80 Å². The van der Waals surface area contributed by atoms with Crippen molar-refractivity contribution < 1.29 is 50.2 Å². The van der Waals surface area contributed by atoms with Gasteiger partial charge in [-0.05, 0) is 63.2 Å². The molecule has 3 N–H and O–H groups in total. The van der Waals surface area contributed by atoms with Gasteiger partial charge in [-0.15, -0.1) is 0 Å². The number of piperidine rings is 2. The Morgan fingerprint density at radius 2 is 1.56 bits per heavy atom. The minimum atomic E-state index is -5.22. The van der Waals surface area contributed by atoms with E-state index in [1.54, 1.807) is 18.2 Å². The number of carbonyl (C=O) groups excluding carboxylic acids is 3. The van der Waals surface area contributed by atoms with Crippen LogP contribution in [0.3, 0.4) is 0 Å². The molecule has 0 unspecified atom stereocenters. The maximum atomic E-state index is 14.0. The first-order valence-electron chi connectivity index (χ1n) is 17.4. The summed E-state index contributed by atoms with van der Waals surface area (Å²) in [5.74, 6) is -0.712. The van der Waals surface area contributed by atoms with E-state index in [9.17, 15) is 40.7 Å². The first-order valence-corrected chi connectivity index (χ1v) is 17.4. The first-order chi connectivity index (χ1) is 24.5. The Morgan fingerprint density at radius 3 is 2.19 bits per heavy atom. The number of nitrogens with two attached hydrogens (primary N) is 1. The minimum absolute atomic E-state index is 0.0378. The van der Waals surface area contributed by atoms with E-state index in [2.05, 4.69) is 22.2 Å². The normalized spacial score (nSPS) is 21.2. The number of carbonyl (C=O) groups is 3. The van der Waals surface area contributed by atoms with Gasteiger partial charge in [-0.1, -0.05) is 18.2 Å². The third kappa shape index (κ3) is 8.04. The summed E-state index contributed by atoms with van der Waals surface area (Å²) in [5.41, 5.74) is 0.247. The highest BCUT2D eigenvalue weighted by molar-refractivity contribution is 5.89. The summed E-state index contributed by atoms with van der Waals surface area (Å²) in [5, 5.41) is 2.65. The molecule has 2 aromatic rings. The van der Waals surface area contributed by atoms with Crippen molar-refractivity contribution in [3.63, 3.8) is 0 Å². The maximum absolute atomic E-state index is 14.0. The molecule has 3 amide bonds. The molecule has 4 heterocycles. The zero-order chi connectivity index (χ0) is 37.4. The Labute approximate surface area is 296 Å². The maximum Gasteiger partial charge on any atom is 0.418 e. The van der Waals surface area contributed by atoms with Crippen LogP contribution in [-0.2, 0) is 38.6 Å². The second-order valence-corrected chi connectivity index (χ2v) is 14.0. The van der Waals surface area contributed by atoms with Crippen molar-refractivity contribution in [3.05, 3.63) is 58.7 Å². The molecule has 52 heavy (non-hydrogen) atoms. The number of fused-ring (bicyclic) bond motifs is 2. The van der Waals surface area contributed by atoms with Crippen LogP contribution in [0.15, 0.2) is 36.4 Å². The Morgan fingerprint density at radius 1 is 0.923 bits per heavy atom. The number of amides is 3. The second-order valence-electron chi connectivity index (χ2n) is 14.0. The smallest absolute Gasteiger partial charge is 0.418 e. The number of alkyl halides is 6. The van der Waals surface area contributed by atoms with Crippen molar-refractivity contribution in [2.24, 2.45) is 0 Å². The molecular weight excluding hydrogens is 698 g/mol.